The predicted octanol–water partition coefficient (Wildman–Crippen LogP) is 1.42. The van der Waals surface area contributed by atoms with Crippen molar-refractivity contribution in [2.75, 3.05) is 25.6 Å². The van der Waals surface area contributed by atoms with Gasteiger partial charge in [-0.1, -0.05) is 0 Å². The summed E-state index contributed by atoms with van der Waals surface area (Å²) in [6.07, 6.45) is 1.90. The zero-order valence-electron chi connectivity index (χ0n) is 9.57. The van der Waals surface area contributed by atoms with Crippen molar-refractivity contribution in [1.29, 1.82) is 0 Å². The van der Waals surface area contributed by atoms with E-state index in [1.165, 1.54) is 0 Å². The highest BCUT2D eigenvalue weighted by Crippen LogP contribution is 2.22. The number of ketones is 1. The lowest BCUT2D eigenvalue weighted by Gasteiger charge is -2.20. The van der Waals surface area contributed by atoms with E-state index in [4.69, 9.17) is 9.47 Å². The summed E-state index contributed by atoms with van der Waals surface area (Å²) in [4.78, 5) is 22.5. The third-order valence-electron chi connectivity index (χ3n) is 2.30. The van der Waals surface area contributed by atoms with Crippen molar-refractivity contribution in [1.82, 2.24) is 0 Å². The van der Waals surface area contributed by atoms with Crippen molar-refractivity contribution >= 4 is 23.5 Å². The van der Waals surface area contributed by atoms with Crippen LogP contribution in [-0.4, -0.2) is 42.6 Å². The Morgan fingerprint density at radius 1 is 1.38 bits per heavy atom. The largest absolute Gasteiger partial charge is 0.466 e. The van der Waals surface area contributed by atoms with Crippen molar-refractivity contribution in [3.05, 3.63) is 0 Å². The van der Waals surface area contributed by atoms with Crippen LogP contribution in [0.15, 0.2) is 0 Å². The Hall–Kier alpha value is -0.550. The molecule has 0 aromatic heterocycles. The van der Waals surface area contributed by atoms with E-state index in [9.17, 15) is 9.59 Å². The Balaban J connectivity index is 2.11. The molecule has 1 heterocycles. The normalized spacial score (nSPS) is 17.1. The van der Waals surface area contributed by atoms with Crippen molar-refractivity contribution in [2.24, 2.45) is 0 Å². The fourth-order valence-electron chi connectivity index (χ4n) is 1.48. The van der Waals surface area contributed by atoms with E-state index < -0.39 is 5.97 Å². The van der Waals surface area contributed by atoms with Crippen molar-refractivity contribution in [2.45, 2.75) is 31.4 Å². The molecule has 0 unspecified atom stereocenters. The van der Waals surface area contributed by atoms with Gasteiger partial charge in [0, 0.05) is 18.5 Å². The van der Waals surface area contributed by atoms with Crippen LogP contribution in [0.3, 0.4) is 0 Å². The molecule has 1 fully saturated rings. The molecule has 16 heavy (non-hydrogen) atoms. The minimum atomic E-state index is -0.417. The fourth-order valence-corrected chi connectivity index (χ4v) is 2.53. The van der Waals surface area contributed by atoms with E-state index in [0.29, 0.717) is 17.6 Å². The van der Waals surface area contributed by atoms with Crippen molar-refractivity contribution < 1.29 is 19.1 Å². The molecule has 92 valence electrons. The number of esters is 1. The first-order valence-corrected chi connectivity index (χ1v) is 6.64. The first-order valence-electron chi connectivity index (χ1n) is 5.59. The molecular formula is C11H18O4S. The third-order valence-corrected chi connectivity index (χ3v) is 3.73. The number of hydrogen-bond acceptors (Lipinski definition) is 5. The van der Waals surface area contributed by atoms with E-state index in [1.54, 1.807) is 18.7 Å². The molecule has 0 atom stereocenters. The minimum Gasteiger partial charge on any atom is -0.466 e. The van der Waals surface area contributed by atoms with Gasteiger partial charge < -0.3 is 9.47 Å². The number of thioether (sulfide) groups is 1. The Bertz CT molecular complexity index is 236. The molecular weight excluding hydrogens is 228 g/mol. The van der Waals surface area contributed by atoms with Crippen molar-refractivity contribution in [3.63, 3.8) is 0 Å². The van der Waals surface area contributed by atoms with Crippen LogP contribution in [0.2, 0.25) is 0 Å². The average molecular weight is 246 g/mol. The van der Waals surface area contributed by atoms with Crippen molar-refractivity contribution in [3.8, 4) is 0 Å². The molecule has 1 rings (SSSR count). The van der Waals surface area contributed by atoms with Crippen LogP contribution in [-0.2, 0) is 19.1 Å². The number of ether oxygens (including phenoxy) is 2. The maximum atomic E-state index is 11.4. The predicted molar refractivity (Wildman–Crippen MR) is 62.6 cm³/mol. The van der Waals surface area contributed by atoms with Gasteiger partial charge in [0.1, 0.15) is 6.42 Å². The Morgan fingerprint density at radius 3 is 2.69 bits per heavy atom. The average Bonchev–Trinajstić information content (AvgIpc) is 2.28. The number of hydrogen-bond donors (Lipinski definition) is 0. The van der Waals surface area contributed by atoms with Crippen LogP contribution in [0.25, 0.3) is 0 Å². The van der Waals surface area contributed by atoms with E-state index in [2.05, 4.69) is 0 Å². The molecule has 0 radical (unpaired) electrons. The fraction of sp³-hybridized carbons (Fsp3) is 0.818. The number of carbonyl (C=O) groups is 2. The minimum absolute atomic E-state index is 0.0464. The summed E-state index contributed by atoms with van der Waals surface area (Å²) in [7, 11) is 0. The molecule has 0 N–H and O–H groups in total. The molecule has 0 aliphatic carbocycles. The molecule has 0 saturated carbocycles. The highest BCUT2D eigenvalue weighted by atomic mass is 32.2. The molecule has 0 aromatic carbocycles. The lowest BCUT2D eigenvalue weighted by atomic mass is 10.2. The molecule has 4 nitrogen and oxygen atoms in total. The molecule has 0 amide bonds. The third kappa shape index (κ3) is 5.51. The highest BCUT2D eigenvalue weighted by molar-refractivity contribution is 8.00. The molecule has 1 saturated heterocycles. The quantitative estimate of drug-likeness (QED) is 0.524. The van der Waals surface area contributed by atoms with Gasteiger partial charge in [-0.3, -0.25) is 9.59 Å². The summed E-state index contributed by atoms with van der Waals surface area (Å²) in [5.41, 5.74) is 0. The van der Waals surface area contributed by atoms with Gasteiger partial charge in [0.25, 0.3) is 0 Å². The topological polar surface area (TPSA) is 52.6 Å². The molecule has 0 bridgehead atoms. The van der Waals surface area contributed by atoms with Crippen LogP contribution >= 0.6 is 11.8 Å². The van der Waals surface area contributed by atoms with Gasteiger partial charge in [0.15, 0.2) is 5.78 Å². The van der Waals surface area contributed by atoms with Crippen LogP contribution in [0.5, 0.6) is 0 Å². The standard InChI is InChI=1S/C11H18O4S/c1-2-15-11(13)7-9(12)8-16-10-3-5-14-6-4-10/h10H,2-8H2,1H3. The molecule has 5 heteroatoms. The number of carbonyl (C=O) groups excluding carboxylic acids is 2. The monoisotopic (exact) mass is 246 g/mol. The first kappa shape index (κ1) is 13.5. The Morgan fingerprint density at radius 2 is 2.06 bits per heavy atom. The van der Waals surface area contributed by atoms with Crippen LogP contribution in [0, 0.1) is 0 Å². The van der Waals surface area contributed by atoms with Gasteiger partial charge in [0.2, 0.25) is 0 Å². The van der Waals surface area contributed by atoms with Gasteiger partial charge in [-0.15, -0.1) is 0 Å². The molecule has 1 aliphatic heterocycles. The summed E-state index contributed by atoms with van der Waals surface area (Å²) >= 11 is 1.63. The molecule has 0 spiro atoms. The first-order chi connectivity index (χ1) is 7.72. The number of Topliss-reactive ketones (excluding diaryl/α,β-unsaturated/α-hetero) is 1. The Kier molecular flexibility index (Phi) is 6.49. The second kappa shape index (κ2) is 7.68. The summed E-state index contributed by atoms with van der Waals surface area (Å²) < 4.78 is 9.95. The Labute approximate surface area is 100 Å². The lowest BCUT2D eigenvalue weighted by molar-refractivity contribution is -0.145. The van der Waals surface area contributed by atoms with E-state index in [-0.39, 0.29) is 12.2 Å². The van der Waals surface area contributed by atoms with E-state index in [1.807, 2.05) is 0 Å². The molecule has 1 aliphatic rings. The van der Waals surface area contributed by atoms with Gasteiger partial charge >= 0.3 is 5.97 Å². The maximum Gasteiger partial charge on any atom is 0.313 e. The SMILES string of the molecule is CCOC(=O)CC(=O)CSC1CCOCC1. The van der Waals surface area contributed by atoms with E-state index >= 15 is 0 Å². The summed E-state index contributed by atoms with van der Waals surface area (Å²) in [6.45, 7) is 3.63. The van der Waals surface area contributed by atoms with Crippen LogP contribution in [0.4, 0.5) is 0 Å². The highest BCUT2D eigenvalue weighted by Gasteiger charge is 2.17. The maximum absolute atomic E-state index is 11.4. The summed E-state index contributed by atoms with van der Waals surface area (Å²) in [5.74, 6) is -0.0567. The zero-order chi connectivity index (χ0) is 11.8. The molecule has 0 aromatic rings. The van der Waals surface area contributed by atoms with Gasteiger partial charge in [-0.2, -0.15) is 11.8 Å². The summed E-state index contributed by atoms with van der Waals surface area (Å²) in [6, 6.07) is 0. The van der Waals surface area contributed by atoms with Gasteiger partial charge in [-0.25, -0.2) is 0 Å². The van der Waals surface area contributed by atoms with Crippen LogP contribution < -0.4 is 0 Å². The van der Waals surface area contributed by atoms with E-state index in [0.717, 1.165) is 26.1 Å². The summed E-state index contributed by atoms with van der Waals surface area (Å²) in [5, 5.41) is 0.500. The lowest BCUT2D eigenvalue weighted by Crippen LogP contribution is -2.20. The zero-order valence-corrected chi connectivity index (χ0v) is 10.4. The van der Waals surface area contributed by atoms with Gasteiger partial charge in [0.05, 0.1) is 12.4 Å². The number of rotatable bonds is 6. The second-order valence-corrected chi connectivity index (χ2v) is 4.93. The van der Waals surface area contributed by atoms with Crippen LogP contribution in [0.1, 0.15) is 26.2 Å². The smallest absolute Gasteiger partial charge is 0.313 e. The second-order valence-electron chi connectivity index (χ2n) is 3.64. The van der Waals surface area contributed by atoms with Gasteiger partial charge in [-0.05, 0) is 19.8 Å².